The molecule has 170 valence electrons. The average Bonchev–Trinajstić information content (AvgIpc) is 3.28. The average molecular weight is 447 g/mol. The molecule has 8 heteroatoms. The Morgan fingerprint density at radius 1 is 1.27 bits per heavy atom. The summed E-state index contributed by atoms with van der Waals surface area (Å²) in [4.78, 5) is 17.0. The Bertz CT molecular complexity index is 1220. The number of nitrogens with zero attached hydrogens (tertiary/aromatic N) is 4. The van der Waals surface area contributed by atoms with E-state index in [4.69, 9.17) is 0 Å². The highest BCUT2D eigenvalue weighted by molar-refractivity contribution is 5.96. The number of aromatic nitrogens is 2. The van der Waals surface area contributed by atoms with Gasteiger partial charge in [0.1, 0.15) is 12.0 Å². The molecular weight excluding hydrogens is 419 g/mol. The first kappa shape index (κ1) is 20.2. The normalized spacial score (nSPS) is 22.4. The largest absolute Gasteiger partial charge is 0.365 e. The molecule has 3 aliphatic heterocycles. The zero-order chi connectivity index (χ0) is 22.7. The molecule has 1 saturated carbocycles. The molecule has 1 saturated heterocycles. The van der Waals surface area contributed by atoms with E-state index in [1.807, 2.05) is 24.0 Å². The van der Waals surface area contributed by atoms with E-state index < -0.39 is 5.82 Å². The number of likely N-dealkylation sites (tertiary alicyclic amines) is 1. The fraction of sp³-hybridized carbons (Fsp3) is 0.360. The Hall–Kier alpha value is -3.39. The molecular formula is C25H27FN6O. The summed E-state index contributed by atoms with van der Waals surface area (Å²) in [7, 11) is 2.14. The molecule has 6 rings (SSSR count). The molecule has 0 radical (unpaired) electrons. The van der Waals surface area contributed by atoms with Gasteiger partial charge in [-0.15, -0.1) is 0 Å². The Morgan fingerprint density at radius 3 is 2.85 bits per heavy atom. The van der Waals surface area contributed by atoms with Crippen molar-refractivity contribution in [2.45, 2.75) is 32.0 Å². The highest BCUT2D eigenvalue weighted by Crippen LogP contribution is 2.33. The molecule has 33 heavy (non-hydrogen) atoms. The Morgan fingerprint density at radius 2 is 2.09 bits per heavy atom. The highest BCUT2D eigenvalue weighted by atomic mass is 19.1. The quantitative estimate of drug-likeness (QED) is 0.740. The van der Waals surface area contributed by atoms with Gasteiger partial charge in [-0.2, -0.15) is 5.10 Å². The summed E-state index contributed by atoms with van der Waals surface area (Å²) in [6, 6.07) is 3.25. The topological polar surface area (TPSA) is 65.4 Å². The van der Waals surface area contributed by atoms with Crippen LogP contribution in [-0.2, 0) is 0 Å². The Labute approximate surface area is 192 Å². The zero-order valence-electron chi connectivity index (χ0n) is 18.8. The molecule has 2 aromatic rings. The first-order valence-electron chi connectivity index (χ1n) is 11.5. The van der Waals surface area contributed by atoms with Crippen molar-refractivity contribution in [1.29, 1.82) is 0 Å². The van der Waals surface area contributed by atoms with Crippen LogP contribution in [0.1, 0.15) is 28.8 Å². The third kappa shape index (κ3) is 3.64. The molecule has 1 aliphatic carbocycles. The lowest BCUT2D eigenvalue weighted by Crippen LogP contribution is -2.45. The van der Waals surface area contributed by atoms with Gasteiger partial charge in [0.2, 0.25) is 0 Å². The minimum atomic E-state index is -0.494. The number of allylic oxidation sites excluding steroid dienone is 1. The van der Waals surface area contributed by atoms with E-state index in [1.165, 1.54) is 11.6 Å². The van der Waals surface area contributed by atoms with Gasteiger partial charge in [0.15, 0.2) is 5.82 Å². The predicted octanol–water partition coefficient (Wildman–Crippen LogP) is 2.89. The van der Waals surface area contributed by atoms with Crippen molar-refractivity contribution < 1.29 is 9.18 Å². The zero-order valence-corrected chi connectivity index (χ0v) is 18.8. The number of fused-ring (bicyclic) bond motifs is 1. The van der Waals surface area contributed by atoms with Crippen LogP contribution in [0.25, 0.3) is 16.9 Å². The molecule has 7 nitrogen and oxygen atoms in total. The molecule has 2 fully saturated rings. The predicted molar refractivity (Wildman–Crippen MR) is 124 cm³/mol. The lowest BCUT2D eigenvalue weighted by molar-refractivity contribution is 0.0947. The highest BCUT2D eigenvalue weighted by Gasteiger charge is 2.32. The Balaban J connectivity index is 1.27. The molecule has 1 unspecified atom stereocenters. The van der Waals surface area contributed by atoms with Gasteiger partial charge < -0.3 is 20.4 Å². The van der Waals surface area contributed by atoms with E-state index >= 15 is 0 Å². The van der Waals surface area contributed by atoms with Gasteiger partial charge in [-0.25, -0.2) is 9.07 Å². The van der Waals surface area contributed by atoms with E-state index in [1.54, 1.807) is 12.3 Å². The van der Waals surface area contributed by atoms with Crippen LogP contribution < -0.4 is 10.6 Å². The second kappa shape index (κ2) is 7.59. The number of carbonyl (C=O) groups excluding carboxylic acids is 1. The third-order valence-corrected chi connectivity index (χ3v) is 6.84. The fourth-order valence-corrected chi connectivity index (χ4v) is 4.73. The second-order valence-corrected chi connectivity index (χ2v) is 9.50. The van der Waals surface area contributed by atoms with Gasteiger partial charge in [-0.3, -0.25) is 4.79 Å². The number of benzene rings is 1. The number of nitrogens with one attached hydrogen (secondary N) is 2. The van der Waals surface area contributed by atoms with Crippen LogP contribution in [0.4, 0.5) is 4.39 Å². The van der Waals surface area contributed by atoms with Crippen molar-refractivity contribution in [3.63, 3.8) is 0 Å². The maximum absolute atomic E-state index is 14.5. The van der Waals surface area contributed by atoms with Crippen LogP contribution in [0.2, 0.25) is 0 Å². The van der Waals surface area contributed by atoms with Crippen LogP contribution in [0.15, 0.2) is 54.7 Å². The van der Waals surface area contributed by atoms with Crippen molar-refractivity contribution in [3.8, 4) is 11.1 Å². The monoisotopic (exact) mass is 446 g/mol. The van der Waals surface area contributed by atoms with Gasteiger partial charge in [0.25, 0.3) is 5.91 Å². The summed E-state index contributed by atoms with van der Waals surface area (Å²) in [5.41, 5.74) is 3.82. The SMILES string of the molecule is Cc1cc(F)c(C(=O)NC2CC2)cc1-c1cnn(C2=CNC3C=CC(C4CN(C)C4)=CN23)c1. The molecule has 1 aromatic carbocycles. The minimum Gasteiger partial charge on any atom is -0.365 e. The van der Waals surface area contributed by atoms with E-state index in [2.05, 4.69) is 50.9 Å². The number of hydrogen-bond acceptors (Lipinski definition) is 5. The van der Waals surface area contributed by atoms with Crippen LogP contribution in [0, 0.1) is 18.7 Å². The van der Waals surface area contributed by atoms with Crippen LogP contribution in [0.3, 0.4) is 0 Å². The molecule has 0 spiro atoms. The van der Waals surface area contributed by atoms with E-state index in [0.29, 0.717) is 5.92 Å². The lowest BCUT2D eigenvalue weighted by atomic mass is 9.90. The van der Waals surface area contributed by atoms with Crippen LogP contribution in [-0.4, -0.2) is 57.8 Å². The van der Waals surface area contributed by atoms with Crippen LogP contribution >= 0.6 is 0 Å². The Kier molecular flexibility index (Phi) is 4.65. The summed E-state index contributed by atoms with van der Waals surface area (Å²) in [5.74, 6) is 0.636. The summed E-state index contributed by atoms with van der Waals surface area (Å²) in [6.07, 6.45) is 14.3. The molecule has 0 bridgehead atoms. The first-order valence-corrected chi connectivity index (χ1v) is 11.5. The number of hydrogen-bond donors (Lipinski definition) is 2. The van der Waals surface area contributed by atoms with Gasteiger partial charge in [-0.05, 0) is 61.7 Å². The number of halogens is 1. The number of carbonyl (C=O) groups is 1. The minimum absolute atomic E-state index is 0.0690. The number of aryl methyl sites for hydroxylation is 1. The summed E-state index contributed by atoms with van der Waals surface area (Å²) >= 11 is 0. The van der Waals surface area contributed by atoms with Gasteiger partial charge in [0, 0.05) is 49.2 Å². The van der Waals surface area contributed by atoms with Gasteiger partial charge in [0.05, 0.1) is 11.8 Å². The maximum atomic E-state index is 14.5. The summed E-state index contributed by atoms with van der Waals surface area (Å²) < 4.78 is 16.4. The van der Waals surface area contributed by atoms with E-state index in [9.17, 15) is 9.18 Å². The number of rotatable bonds is 5. The van der Waals surface area contributed by atoms with Gasteiger partial charge in [-0.1, -0.05) is 6.08 Å². The van der Waals surface area contributed by atoms with Crippen molar-refractivity contribution in [1.82, 2.24) is 30.2 Å². The van der Waals surface area contributed by atoms with Crippen molar-refractivity contribution in [2.24, 2.45) is 5.92 Å². The van der Waals surface area contributed by atoms with E-state index in [-0.39, 0.29) is 23.7 Å². The molecule has 4 heterocycles. The fourth-order valence-electron chi connectivity index (χ4n) is 4.73. The standard InChI is InChI=1S/C25H27FN6O/c1-15-7-22(26)21(25(33)29-19-4-5-19)8-20(15)17-9-28-32(14-17)24-10-27-23-6-3-16(13-31(23)24)18-11-30(2)12-18/h3,6-10,13-14,18-19,23,27H,4-5,11-12H2,1-2H3,(H,29,33). The van der Waals surface area contributed by atoms with Crippen molar-refractivity contribution in [3.05, 3.63) is 71.6 Å². The van der Waals surface area contributed by atoms with Gasteiger partial charge >= 0.3 is 0 Å². The summed E-state index contributed by atoms with van der Waals surface area (Å²) in [5, 5.41) is 10.9. The molecule has 4 aliphatic rings. The third-order valence-electron chi connectivity index (χ3n) is 6.84. The first-order chi connectivity index (χ1) is 16.0. The molecule has 1 amide bonds. The van der Waals surface area contributed by atoms with Crippen molar-refractivity contribution >= 4 is 11.7 Å². The second-order valence-electron chi connectivity index (χ2n) is 9.50. The lowest BCUT2D eigenvalue weighted by Gasteiger charge is -2.39. The van der Waals surface area contributed by atoms with E-state index in [0.717, 1.165) is 48.4 Å². The smallest absolute Gasteiger partial charge is 0.254 e. The number of amides is 1. The maximum Gasteiger partial charge on any atom is 0.254 e. The molecule has 1 atom stereocenters. The molecule has 1 aromatic heterocycles. The summed E-state index contributed by atoms with van der Waals surface area (Å²) in [6.45, 7) is 4.01. The van der Waals surface area contributed by atoms with Crippen molar-refractivity contribution in [2.75, 3.05) is 20.1 Å². The van der Waals surface area contributed by atoms with Crippen LogP contribution in [0.5, 0.6) is 0 Å². The molecule has 2 N–H and O–H groups in total.